The summed E-state index contributed by atoms with van der Waals surface area (Å²) in [6.45, 7) is 3.13. The minimum atomic E-state index is -3.95. The van der Waals surface area contributed by atoms with Crippen LogP contribution in [0.2, 0.25) is 0 Å². The van der Waals surface area contributed by atoms with Crippen molar-refractivity contribution in [1.82, 2.24) is 0 Å². The lowest BCUT2D eigenvalue weighted by atomic mass is 10.1. The molecule has 0 aromatic rings. The first-order chi connectivity index (χ1) is 6.22. The van der Waals surface area contributed by atoms with Crippen molar-refractivity contribution >= 4 is 16.1 Å². The zero-order valence-corrected chi connectivity index (χ0v) is 8.91. The highest BCUT2D eigenvalue weighted by atomic mass is 32.2. The largest absolute Gasteiger partial charge is 0.478 e. The molecule has 6 heteroatoms. The van der Waals surface area contributed by atoms with Gasteiger partial charge >= 0.3 is 5.97 Å². The van der Waals surface area contributed by atoms with Gasteiger partial charge in [0.1, 0.15) is 0 Å². The third-order valence-corrected chi connectivity index (χ3v) is 2.45. The summed E-state index contributed by atoms with van der Waals surface area (Å²) in [6, 6.07) is 0. The fourth-order valence-electron chi connectivity index (χ4n) is 0.916. The zero-order chi connectivity index (χ0) is 11.4. The molecule has 0 bridgehead atoms. The molecule has 0 radical (unpaired) electrons. The fourth-order valence-corrected chi connectivity index (χ4v) is 1.59. The summed E-state index contributed by atoms with van der Waals surface area (Å²) in [5.41, 5.74) is 0.174. The van der Waals surface area contributed by atoms with Crippen LogP contribution in [-0.2, 0) is 14.9 Å². The quantitative estimate of drug-likeness (QED) is 0.533. The van der Waals surface area contributed by atoms with E-state index in [1.54, 1.807) is 6.92 Å². The van der Waals surface area contributed by atoms with Crippen LogP contribution in [0.5, 0.6) is 0 Å². The van der Waals surface area contributed by atoms with Crippen molar-refractivity contribution in [2.45, 2.75) is 20.3 Å². The van der Waals surface area contributed by atoms with Gasteiger partial charge in [0.2, 0.25) is 0 Å². The van der Waals surface area contributed by atoms with Crippen LogP contribution in [-0.4, -0.2) is 29.8 Å². The van der Waals surface area contributed by atoms with E-state index >= 15 is 0 Å². The summed E-state index contributed by atoms with van der Waals surface area (Å²) in [5, 5.41) is 8.52. The Morgan fingerprint density at radius 1 is 1.50 bits per heavy atom. The van der Waals surface area contributed by atoms with Gasteiger partial charge in [-0.05, 0) is 19.3 Å². The van der Waals surface area contributed by atoms with Crippen LogP contribution in [0.3, 0.4) is 0 Å². The van der Waals surface area contributed by atoms with Crippen molar-refractivity contribution < 1.29 is 22.9 Å². The molecule has 0 aliphatic rings. The topological polar surface area (TPSA) is 91.7 Å². The van der Waals surface area contributed by atoms with E-state index in [2.05, 4.69) is 0 Å². The highest BCUT2D eigenvalue weighted by Crippen LogP contribution is 2.08. The summed E-state index contributed by atoms with van der Waals surface area (Å²) in [6.07, 6.45) is 1.68. The Kier molecular flexibility index (Phi) is 4.79. The van der Waals surface area contributed by atoms with Gasteiger partial charge in [-0.3, -0.25) is 4.55 Å². The van der Waals surface area contributed by atoms with Crippen LogP contribution < -0.4 is 0 Å². The second-order valence-electron chi connectivity index (χ2n) is 3.21. The van der Waals surface area contributed by atoms with Crippen molar-refractivity contribution in [1.29, 1.82) is 0 Å². The van der Waals surface area contributed by atoms with Gasteiger partial charge in [0.05, 0.1) is 5.75 Å². The summed E-state index contributed by atoms with van der Waals surface area (Å²) in [5.74, 6) is -1.56. The van der Waals surface area contributed by atoms with E-state index in [9.17, 15) is 13.2 Å². The van der Waals surface area contributed by atoms with Crippen molar-refractivity contribution in [2.75, 3.05) is 5.75 Å². The van der Waals surface area contributed by atoms with Gasteiger partial charge in [0.15, 0.2) is 0 Å². The number of hydrogen-bond donors (Lipinski definition) is 2. The number of rotatable bonds is 5. The van der Waals surface area contributed by atoms with Crippen molar-refractivity contribution in [3.8, 4) is 0 Å². The third kappa shape index (κ3) is 6.62. The zero-order valence-electron chi connectivity index (χ0n) is 8.10. The highest BCUT2D eigenvalue weighted by Gasteiger charge is 2.09. The summed E-state index contributed by atoms with van der Waals surface area (Å²) >= 11 is 0. The number of carboxylic acid groups (broad SMARTS) is 1. The number of carboxylic acids is 1. The van der Waals surface area contributed by atoms with E-state index < -0.39 is 16.1 Å². The first-order valence-corrected chi connectivity index (χ1v) is 5.70. The van der Waals surface area contributed by atoms with Crippen LogP contribution in [0.4, 0.5) is 0 Å². The molecule has 0 aliphatic carbocycles. The van der Waals surface area contributed by atoms with Crippen LogP contribution in [0.25, 0.3) is 0 Å². The van der Waals surface area contributed by atoms with Crippen LogP contribution in [0.15, 0.2) is 11.6 Å². The Bertz CT molecular complexity index is 328. The average molecular weight is 222 g/mol. The molecule has 2 N–H and O–H groups in total. The number of allylic oxidation sites excluding steroid dienone is 1. The van der Waals surface area contributed by atoms with Gasteiger partial charge in [0, 0.05) is 5.57 Å². The van der Waals surface area contributed by atoms with Gasteiger partial charge in [-0.2, -0.15) is 8.42 Å². The Morgan fingerprint density at radius 3 is 2.36 bits per heavy atom. The van der Waals surface area contributed by atoms with E-state index in [1.165, 1.54) is 13.0 Å². The molecule has 0 saturated heterocycles. The Balaban J connectivity index is 4.18. The average Bonchev–Trinajstić information content (AvgIpc) is 1.99. The number of aliphatic carboxylic acids is 1. The predicted octanol–water partition coefficient (Wildman–Crippen LogP) is 0.931. The van der Waals surface area contributed by atoms with Crippen molar-refractivity contribution in [2.24, 2.45) is 5.92 Å². The van der Waals surface area contributed by atoms with Crippen molar-refractivity contribution in [3.63, 3.8) is 0 Å². The second kappa shape index (κ2) is 5.11. The van der Waals surface area contributed by atoms with E-state index in [1.807, 2.05) is 0 Å². The van der Waals surface area contributed by atoms with Gasteiger partial charge < -0.3 is 5.11 Å². The Hall–Kier alpha value is -0.880. The maximum atomic E-state index is 10.4. The lowest BCUT2D eigenvalue weighted by Gasteiger charge is -2.04. The van der Waals surface area contributed by atoms with Crippen LogP contribution in [0.1, 0.15) is 20.3 Å². The van der Waals surface area contributed by atoms with Crippen molar-refractivity contribution in [3.05, 3.63) is 11.6 Å². The van der Waals surface area contributed by atoms with Crippen LogP contribution >= 0.6 is 0 Å². The molecule has 5 nitrogen and oxygen atoms in total. The lowest BCUT2D eigenvalue weighted by Crippen LogP contribution is -2.08. The first kappa shape index (κ1) is 13.1. The monoisotopic (exact) mass is 222 g/mol. The maximum Gasteiger partial charge on any atom is 0.330 e. The first-order valence-electron chi connectivity index (χ1n) is 4.09. The normalized spacial score (nSPS) is 15.2. The summed E-state index contributed by atoms with van der Waals surface area (Å²) in [7, 11) is -3.95. The molecule has 0 heterocycles. The number of carbonyl (C=O) groups is 1. The molecular formula is C8H14O5S. The molecule has 0 spiro atoms. The second-order valence-corrected chi connectivity index (χ2v) is 4.78. The van der Waals surface area contributed by atoms with Gasteiger partial charge in [-0.15, -0.1) is 0 Å². The molecule has 1 unspecified atom stereocenters. The molecule has 0 saturated carbocycles. The molecule has 14 heavy (non-hydrogen) atoms. The van der Waals surface area contributed by atoms with Crippen LogP contribution in [0, 0.1) is 5.92 Å². The minimum absolute atomic E-state index is 0.174. The molecule has 0 rings (SSSR count). The molecule has 0 aromatic carbocycles. The van der Waals surface area contributed by atoms with E-state index in [4.69, 9.17) is 9.66 Å². The third-order valence-electron chi connectivity index (χ3n) is 1.70. The predicted molar refractivity (Wildman–Crippen MR) is 51.6 cm³/mol. The maximum absolute atomic E-state index is 10.4. The van der Waals surface area contributed by atoms with Gasteiger partial charge in [0.25, 0.3) is 10.1 Å². The molecule has 0 aliphatic heterocycles. The highest BCUT2D eigenvalue weighted by molar-refractivity contribution is 7.85. The smallest absolute Gasteiger partial charge is 0.330 e. The molecular weight excluding hydrogens is 208 g/mol. The minimum Gasteiger partial charge on any atom is -0.478 e. The van der Waals surface area contributed by atoms with E-state index in [0.717, 1.165) is 0 Å². The fraction of sp³-hybridized carbons (Fsp3) is 0.625. The van der Waals surface area contributed by atoms with E-state index in [0.29, 0.717) is 0 Å². The molecule has 0 aromatic heterocycles. The molecule has 82 valence electrons. The van der Waals surface area contributed by atoms with E-state index in [-0.39, 0.29) is 23.7 Å². The lowest BCUT2D eigenvalue weighted by molar-refractivity contribution is -0.132. The summed E-state index contributed by atoms with van der Waals surface area (Å²) < 4.78 is 29.2. The van der Waals surface area contributed by atoms with Gasteiger partial charge in [-0.1, -0.05) is 13.0 Å². The standard InChI is InChI=1S/C8H14O5S/c1-6(3-4-14(11,12)13)5-7(2)8(9)10/h5-6H,3-4H2,1-2H3,(H,9,10)(H,11,12,13). The Labute approximate surface area is 83.2 Å². The van der Waals surface area contributed by atoms with Gasteiger partial charge in [-0.25, -0.2) is 4.79 Å². The Morgan fingerprint density at radius 2 is 2.00 bits per heavy atom. The summed E-state index contributed by atoms with van der Waals surface area (Å²) in [4.78, 5) is 10.4. The molecule has 0 fully saturated rings. The number of hydrogen-bond acceptors (Lipinski definition) is 3. The molecule has 1 atom stereocenters. The SMILES string of the molecule is CC(=CC(C)CCS(=O)(=O)O)C(=O)O. The molecule has 0 amide bonds.